The summed E-state index contributed by atoms with van der Waals surface area (Å²) in [5, 5.41) is 1.58. The maximum absolute atomic E-state index is 11.0. The first kappa shape index (κ1) is 15.5. The summed E-state index contributed by atoms with van der Waals surface area (Å²) in [7, 11) is 1.42. The average Bonchev–Trinajstić information content (AvgIpc) is 2.37. The highest BCUT2D eigenvalue weighted by molar-refractivity contribution is 9.08. The van der Waals surface area contributed by atoms with E-state index in [2.05, 4.69) is 33.7 Å². The van der Waals surface area contributed by atoms with Crippen molar-refractivity contribution < 1.29 is 9.53 Å². The van der Waals surface area contributed by atoms with Gasteiger partial charge in [-0.1, -0.05) is 33.6 Å². The van der Waals surface area contributed by atoms with Crippen LogP contribution in [0.3, 0.4) is 0 Å². The Morgan fingerprint density at radius 3 is 2.67 bits per heavy atom. The van der Waals surface area contributed by atoms with Crippen molar-refractivity contribution in [3.8, 4) is 0 Å². The molecule has 0 aliphatic heterocycles. The summed E-state index contributed by atoms with van der Waals surface area (Å²) in [4.78, 5) is 11.0. The van der Waals surface area contributed by atoms with Gasteiger partial charge in [0, 0.05) is 16.8 Å². The van der Waals surface area contributed by atoms with Crippen LogP contribution in [0.1, 0.15) is 36.0 Å². The van der Waals surface area contributed by atoms with Crippen molar-refractivity contribution in [3.63, 3.8) is 0 Å². The van der Waals surface area contributed by atoms with E-state index < -0.39 is 0 Å². The van der Waals surface area contributed by atoms with Gasteiger partial charge in [0.2, 0.25) is 0 Å². The van der Waals surface area contributed by atoms with Crippen LogP contribution < -0.4 is 0 Å². The van der Waals surface area contributed by atoms with Gasteiger partial charge >= 0.3 is 5.97 Å². The minimum atomic E-state index is -0.139. The summed E-state index contributed by atoms with van der Waals surface area (Å²) in [6, 6.07) is 4.15. The molecule has 1 rings (SSSR count). The molecule has 0 fully saturated rings. The summed E-state index contributed by atoms with van der Waals surface area (Å²) < 4.78 is 4.61. The standard InChI is InChI=1S/C14H18BrClO2/c1-10-7-12(9-15)13(16)8-11(10)5-3-4-6-14(17)18-2/h7-8H,3-6,9H2,1-2H3. The van der Waals surface area contributed by atoms with E-state index in [0.717, 1.165) is 35.2 Å². The van der Waals surface area contributed by atoms with Crippen molar-refractivity contribution in [2.45, 2.75) is 37.9 Å². The SMILES string of the molecule is COC(=O)CCCCc1cc(Cl)c(CBr)cc1C. The third-order valence-electron chi connectivity index (χ3n) is 2.95. The first-order valence-electron chi connectivity index (χ1n) is 5.99. The zero-order valence-electron chi connectivity index (χ0n) is 10.8. The van der Waals surface area contributed by atoms with Crippen LogP contribution in [-0.2, 0) is 21.3 Å². The van der Waals surface area contributed by atoms with E-state index in [0.29, 0.717) is 6.42 Å². The number of esters is 1. The molecule has 1 aromatic carbocycles. The topological polar surface area (TPSA) is 26.3 Å². The van der Waals surface area contributed by atoms with Gasteiger partial charge in [-0.15, -0.1) is 0 Å². The number of halogens is 2. The Labute approximate surface area is 122 Å². The Kier molecular flexibility index (Phi) is 6.72. The van der Waals surface area contributed by atoms with Crippen molar-refractivity contribution in [1.29, 1.82) is 0 Å². The van der Waals surface area contributed by atoms with Crippen LogP contribution in [0.15, 0.2) is 12.1 Å². The highest BCUT2D eigenvalue weighted by Gasteiger charge is 2.06. The molecule has 0 aliphatic carbocycles. The molecule has 0 aliphatic rings. The molecule has 0 heterocycles. The molecule has 0 atom stereocenters. The fraction of sp³-hybridized carbons (Fsp3) is 0.500. The van der Waals surface area contributed by atoms with Gasteiger partial charge in [-0.25, -0.2) is 0 Å². The molecule has 0 bridgehead atoms. The quantitative estimate of drug-likeness (QED) is 0.437. The molecule has 18 heavy (non-hydrogen) atoms. The number of rotatable bonds is 6. The summed E-state index contributed by atoms with van der Waals surface area (Å²) in [5.74, 6) is -0.139. The van der Waals surface area contributed by atoms with Gasteiger partial charge in [0.15, 0.2) is 0 Å². The number of carbonyl (C=O) groups is 1. The van der Waals surface area contributed by atoms with Crippen LogP contribution in [0.4, 0.5) is 0 Å². The zero-order chi connectivity index (χ0) is 13.5. The van der Waals surface area contributed by atoms with Crippen LogP contribution in [0.2, 0.25) is 5.02 Å². The van der Waals surface area contributed by atoms with Crippen molar-refractivity contribution in [1.82, 2.24) is 0 Å². The maximum atomic E-state index is 11.0. The number of carbonyl (C=O) groups excluding carboxylic acids is 1. The van der Waals surface area contributed by atoms with E-state index >= 15 is 0 Å². The van der Waals surface area contributed by atoms with Crippen LogP contribution >= 0.6 is 27.5 Å². The number of hydrogen-bond acceptors (Lipinski definition) is 2. The van der Waals surface area contributed by atoms with Gasteiger partial charge in [-0.2, -0.15) is 0 Å². The lowest BCUT2D eigenvalue weighted by atomic mass is 10.0. The second-order valence-electron chi connectivity index (χ2n) is 4.29. The molecule has 1 aromatic rings. The Morgan fingerprint density at radius 2 is 2.06 bits per heavy atom. The molecule has 4 heteroatoms. The number of unbranched alkanes of at least 4 members (excludes halogenated alkanes) is 1. The van der Waals surface area contributed by atoms with Crippen molar-refractivity contribution in [2.75, 3.05) is 7.11 Å². The predicted octanol–water partition coefficient (Wildman–Crippen LogP) is 4.43. The second-order valence-corrected chi connectivity index (χ2v) is 5.25. The Morgan fingerprint density at radius 1 is 1.33 bits per heavy atom. The number of alkyl halides is 1. The third-order valence-corrected chi connectivity index (χ3v) is 3.91. The second kappa shape index (κ2) is 7.80. The smallest absolute Gasteiger partial charge is 0.305 e. The van der Waals surface area contributed by atoms with Crippen molar-refractivity contribution in [2.24, 2.45) is 0 Å². The molecule has 0 saturated heterocycles. The molecule has 0 N–H and O–H groups in total. The minimum Gasteiger partial charge on any atom is -0.469 e. The molecular formula is C14H18BrClO2. The minimum absolute atomic E-state index is 0.139. The largest absolute Gasteiger partial charge is 0.469 e. The number of ether oxygens (including phenoxy) is 1. The molecule has 100 valence electrons. The number of hydrogen-bond donors (Lipinski definition) is 0. The van der Waals surface area contributed by atoms with E-state index in [1.807, 2.05) is 6.07 Å². The maximum Gasteiger partial charge on any atom is 0.305 e. The van der Waals surface area contributed by atoms with E-state index in [1.54, 1.807) is 0 Å². The number of aryl methyl sites for hydroxylation is 2. The van der Waals surface area contributed by atoms with E-state index in [4.69, 9.17) is 11.6 Å². The van der Waals surface area contributed by atoms with Gasteiger partial charge in [0.05, 0.1) is 7.11 Å². The summed E-state index contributed by atoms with van der Waals surface area (Å²) in [5.41, 5.74) is 3.63. The molecule has 0 spiro atoms. The average molecular weight is 334 g/mol. The zero-order valence-corrected chi connectivity index (χ0v) is 13.1. The monoisotopic (exact) mass is 332 g/mol. The van der Waals surface area contributed by atoms with Crippen LogP contribution in [0.5, 0.6) is 0 Å². The van der Waals surface area contributed by atoms with E-state index in [-0.39, 0.29) is 5.97 Å². The Hall–Kier alpha value is -0.540. The number of methoxy groups -OCH3 is 1. The first-order valence-corrected chi connectivity index (χ1v) is 7.49. The first-order chi connectivity index (χ1) is 8.58. The van der Waals surface area contributed by atoms with Crippen LogP contribution in [0, 0.1) is 6.92 Å². The lowest BCUT2D eigenvalue weighted by Gasteiger charge is -2.09. The highest BCUT2D eigenvalue weighted by atomic mass is 79.9. The van der Waals surface area contributed by atoms with Gasteiger partial charge < -0.3 is 4.74 Å². The number of benzene rings is 1. The lowest BCUT2D eigenvalue weighted by molar-refractivity contribution is -0.140. The van der Waals surface area contributed by atoms with Crippen molar-refractivity contribution in [3.05, 3.63) is 33.8 Å². The van der Waals surface area contributed by atoms with E-state index in [9.17, 15) is 4.79 Å². The van der Waals surface area contributed by atoms with Gasteiger partial charge in [0.1, 0.15) is 0 Å². The fourth-order valence-electron chi connectivity index (χ4n) is 1.84. The molecular weight excluding hydrogens is 316 g/mol. The molecule has 0 saturated carbocycles. The highest BCUT2D eigenvalue weighted by Crippen LogP contribution is 2.24. The van der Waals surface area contributed by atoms with Crippen LogP contribution in [-0.4, -0.2) is 13.1 Å². The lowest BCUT2D eigenvalue weighted by Crippen LogP contribution is -2.00. The molecule has 0 amide bonds. The van der Waals surface area contributed by atoms with Crippen molar-refractivity contribution >= 4 is 33.5 Å². The predicted molar refractivity (Wildman–Crippen MR) is 78.4 cm³/mol. The molecule has 0 unspecified atom stereocenters. The third kappa shape index (κ3) is 4.62. The van der Waals surface area contributed by atoms with E-state index in [1.165, 1.54) is 18.2 Å². The van der Waals surface area contributed by atoms with Crippen LogP contribution in [0.25, 0.3) is 0 Å². The Balaban J connectivity index is 2.52. The van der Waals surface area contributed by atoms with Gasteiger partial charge in [-0.3, -0.25) is 4.79 Å². The van der Waals surface area contributed by atoms with Gasteiger partial charge in [0.25, 0.3) is 0 Å². The molecule has 0 radical (unpaired) electrons. The fourth-order valence-corrected chi connectivity index (χ4v) is 2.72. The summed E-state index contributed by atoms with van der Waals surface area (Å²) in [6.45, 7) is 2.10. The molecule has 2 nitrogen and oxygen atoms in total. The summed E-state index contributed by atoms with van der Waals surface area (Å²) in [6.07, 6.45) is 3.26. The summed E-state index contributed by atoms with van der Waals surface area (Å²) >= 11 is 9.60. The Bertz CT molecular complexity index is 419. The molecule has 0 aromatic heterocycles. The normalized spacial score (nSPS) is 10.4. The van der Waals surface area contributed by atoms with Gasteiger partial charge in [-0.05, 0) is 48.9 Å².